The first-order valence-corrected chi connectivity index (χ1v) is 12.2. The minimum absolute atomic E-state index is 0.00603. The number of hydrogen-bond donors (Lipinski definition) is 0. The molecule has 1 aliphatic heterocycles. The van der Waals surface area contributed by atoms with Crippen LogP contribution in [-0.4, -0.2) is 45.1 Å². The monoisotopic (exact) mass is 522 g/mol. The van der Waals surface area contributed by atoms with Crippen LogP contribution in [0.5, 0.6) is 0 Å². The Morgan fingerprint density at radius 3 is 2.63 bits per heavy atom. The van der Waals surface area contributed by atoms with E-state index in [-0.39, 0.29) is 41.3 Å². The van der Waals surface area contributed by atoms with Crippen LogP contribution in [0.3, 0.4) is 0 Å². The molecular formula is C27H24F2N4O5. The molecule has 0 bridgehead atoms. The van der Waals surface area contributed by atoms with Crippen LogP contribution >= 0.6 is 0 Å². The number of amides is 1. The van der Waals surface area contributed by atoms with Crippen LogP contribution in [0.1, 0.15) is 46.0 Å². The molecule has 0 saturated carbocycles. The molecule has 0 radical (unpaired) electrons. The van der Waals surface area contributed by atoms with Gasteiger partial charge in [-0.3, -0.25) is 14.0 Å². The summed E-state index contributed by atoms with van der Waals surface area (Å²) in [6.07, 6.45) is 2.71. The number of pyridine rings is 2. The number of rotatable bonds is 5. The molecule has 38 heavy (non-hydrogen) atoms. The molecule has 1 saturated heterocycles. The molecule has 3 aromatic heterocycles. The van der Waals surface area contributed by atoms with E-state index in [1.54, 1.807) is 32.2 Å². The van der Waals surface area contributed by atoms with Crippen LogP contribution in [0, 0.1) is 18.6 Å². The van der Waals surface area contributed by atoms with Crippen LogP contribution in [0.4, 0.5) is 8.78 Å². The van der Waals surface area contributed by atoms with Gasteiger partial charge in [0.2, 0.25) is 0 Å². The number of esters is 1. The van der Waals surface area contributed by atoms with Crippen LogP contribution in [0.25, 0.3) is 16.7 Å². The topological polar surface area (TPSA) is 104 Å². The predicted molar refractivity (Wildman–Crippen MR) is 133 cm³/mol. The van der Waals surface area contributed by atoms with Crippen LogP contribution in [-0.2, 0) is 16.0 Å². The van der Waals surface area contributed by atoms with Gasteiger partial charge in [-0.2, -0.15) is 4.99 Å². The summed E-state index contributed by atoms with van der Waals surface area (Å²) in [6, 6.07) is 7.76. The maximum absolute atomic E-state index is 14.4. The average Bonchev–Trinajstić information content (AvgIpc) is 3.39. The highest BCUT2D eigenvalue weighted by molar-refractivity contribution is 5.97. The molecule has 1 atom stereocenters. The van der Waals surface area contributed by atoms with Gasteiger partial charge in [0.1, 0.15) is 34.1 Å². The summed E-state index contributed by atoms with van der Waals surface area (Å²) in [5.41, 5.74) is -0.530. The van der Waals surface area contributed by atoms with Crippen molar-refractivity contribution in [3.05, 3.63) is 86.8 Å². The number of carbonyl (C=O) groups is 2. The van der Waals surface area contributed by atoms with E-state index < -0.39 is 34.6 Å². The Bertz CT molecular complexity index is 1700. The Kier molecular flexibility index (Phi) is 6.85. The molecule has 0 spiro atoms. The van der Waals surface area contributed by atoms with E-state index in [4.69, 9.17) is 14.5 Å². The second kappa shape index (κ2) is 10.3. The summed E-state index contributed by atoms with van der Waals surface area (Å²) < 4.78 is 42.6. The Labute approximate surface area is 215 Å². The SMILES string of the molecule is CCOC(=O)c1cc2c(=O)n3cccc(C)c3nc2n(C[C@@H]2CCCO2)c1=NC(=O)c1c(F)cccc1F. The second-order valence-corrected chi connectivity index (χ2v) is 8.90. The maximum Gasteiger partial charge on any atom is 0.341 e. The zero-order valence-electron chi connectivity index (χ0n) is 20.7. The van der Waals surface area contributed by atoms with Crippen molar-refractivity contribution in [2.24, 2.45) is 4.99 Å². The summed E-state index contributed by atoms with van der Waals surface area (Å²) in [5.74, 6) is -4.29. The van der Waals surface area contributed by atoms with Crippen molar-refractivity contribution in [3.8, 4) is 0 Å². The highest BCUT2D eigenvalue weighted by Crippen LogP contribution is 2.19. The van der Waals surface area contributed by atoms with E-state index in [1.807, 2.05) is 0 Å². The van der Waals surface area contributed by atoms with Gasteiger partial charge in [0.15, 0.2) is 5.49 Å². The molecule has 9 nitrogen and oxygen atoms in total. The second-order valence-electron chi connectivity index (χ2n) is 8.90. The third-order valence-corrected chi connectivity index (χ3v) is 6.39. The van der Waals surface area contributed by atoms with Crippen molar-refractivity contribution in [2.75, 3.05) is 13.2 Å². The Hall–Kier alpha value is -4.25. The standard InChI is InChI=1S/C27H24F2N4O5/c1-3-37-27(36)18-13-17-23(30-22-15(2)7-5-11-32(22)26(17)35)33(14-16-8-6-12-38-16)24(18)31-25(34)21-19(28)9-4-10-20(21)29/h4-5,7,9-11,13,16H,3,6,8,12,14H2,1-2H3/t16-/m0/s1. The number of aryl methyl sites for hydroxylation is 1. The molecule has 1 aliphatic rings. The first kappa shape index (κ1) is 25.4. The molecule has 0 N–H and O–H groups in total. The first-order chi connectivity index (χ1) is 18.3. The quantitative estimate of drug-likeness (QED) is 0.294. The van der Waals surface area contributed by atoms with Gasteiger partial charge in [0.25, 0.3) is 11.5 Å². The molecule has 0 unspecified atom stereocenters. The molecule has 4 heterocycles. The number of benzene rings is 1. The maximum atomic E-state index is 14.4. The lowest BCUT2D eigenvalue weighted by Crippen LogP contribution is -2.35. The van der Waals surface area contributed by atoms with Crippen molar-refractivity contribution < 1.29 is 27.8 Å². The third-order valence-electron chi connectivity index (χ3n) is 6.39. The van der Waals surface area contributed by atoms with Gasteiger partial charge in [-0.1, -0.05) is 12.1 Å². The lowest BCUT2D eigenvalue weighted by Gasteiger charge is -2.18. The van der Waals surface area contributed by atoms with Crippen molar-refractivity contribution in [1.82, 2.24) is 14.0 Å². The van der Waals surface area contributed by atoms with Crippen molar-refractivity contribution in [3.63, 3.8) is 0 Å². The van der Waals surface area contributed by atoms with Crippen LogP contribution in [0.2, 0.25) is 0 Å². The molecule has 1 aromatic carbocycles. The fourth-order valence-electron chi connectivity index (χ4n) is 4.59. The van der Waals surface area contributed by atoms with Crippen LogP contribution < -0.4 is 11.0 Å². The summed E-state index contributed by atoms with van der Waals surface area (Å²) in [5, 5.41) is 0.0811. The van der Waals surface area contributed by atoms with E-state index in [0.717, 1.165) is 24.6 Å². The Morgan fingerprint density at radius 2 is 1.95 bits per heavy atom. The summed E-state index contributed by atoms with van der Waals surface area (Å²) in [7, 11) is 0. The highest BCUT2D eigenvalue weighted by Gasteiger charge is 2.25. The normalized spacial score (nSPS) is 15.9. The molecule has 1 fully saturated rings. The number of hydrogen-bond acceptors (Lipinski definition) is 6. The number of ether oxygens (including phenoxy) is 2. The van der Waals surface area contributed by atoms with Crippen molar-refractivity contribution in [2.45, 2.75) is 39.3 Å². The number of carbonyl (C=O) groups excluding carboxylic acids is 2. The van der Waals surface area contributed by atoms with Crippen LogP contribution in [0.15, 0.2) is 52.4 Å². The summed E-state index contributed by atoms with van der Waals surface area (Å²) in [6.45, 7) is 4.00. The third kappa shape index (κ3) is 4.49. The van der Waals surface area contributed by atoms with E-state index in [0.29, 0.717) is 24.2 Å². The predicted octanol–water partition coefficient (Wildman–Crippen LogP) is 3.33. The molecule has 4 aromatic rings. The highest BCUT2D eigenvalue weighted by atomic mass is 19.1. The lowest BCUT2D eigenvalue weighted by molar-refractivity contribution is 0.0521. The van der Waals surface area contributed by atoms with Gasteiger partial charge in [0.05, 0.1) is 24.6 Å². The first-order valence-electron chi connectivity index (χ1n) is 12.2. The van der Waals surface area contributed by atoms with Gasteiger partial charge in [0, 0.05) is 12.8 Å². The van der Waals surface area contributed by atoms with E-state index >= 15 is 0 Å². The molecule has 1 amide bonds. The smallest absolute Gasteiger partial charge is 0.341 e. The molecule has 11 heteroatoms. The molecule has 5 rings (SSSR count). The number of aromatic nitrogens is 3. The van der Waals surface area contributed by atoms with Gasteiger partial charge < -0.3 is 14.0 Å². The van der Waals surface area contributed by atoms with E-state index in [2.05, 4.69) is 4.99 Å². The average molecular weight is 523 g/mol. The number of halogens is 2. The van der Waals surface area contributed by atoms with Gasteiger partial charge in [-0.05, 0) is 56.5 Å². The number of nitrogens with zero attached hydrogens (tertiary/aromatic N) is 4. The molecule has 196 valence electrons. The van der Waals surface area contributed by atoms with Crippen molar-refractivity contribution in [1.29, 1.82) is 0 Å². The minimum atomic E-state index is -1.24. The van der Waals surface area contributed by atoms with Crippen molar-refractivity contribution >= 4 is 28.6 Å². The fourth-order valence-corrected chi connectivity index (χ4v) is 4.59. The Morgan fingerprint density at radius 1 is 1.18 bits per heavy atom. The zero-order valence-corrected chi connectivity index (χ0v) is 20.7. The number of fused-ring (bicyclic) bond motifs is 2. The van der Waals surface area contributed by atoms with E-state index in [1.165, 1.54) is 15.0 Å². The van der Waals surface area contributed by atoms with E-state index in [9.17, 15) is 23.2 Å². The molecule has 0 aliphatic carbocycles. The lowest BCUT2D eigenvalue weighted by atomic mass is 10.1. The molecular weight excluding hydrogens is 498 g/mol. The summed E-state index contributed by atoms with van der Waals surface area (Å²) >= 11 is 0. The summed E-state index contributed by atoms with van der Waals surface area (Å²) in [4.78, 5) is 48.4. The van der Waals surface area contributed by atoms with Gasteiger partial charge >= 0.3 is 5.97 Å². The zero-order chi connectivity index (χ0) is 27.0. The fraction of sp³-hybridized carbons (Fsp3) is 0.296. The largest absolute Gasteiger partial charge is 0.462 e. The van der Waals surface area contributed by atoms with Gasteiger partial charge in [-0.15, -0.1) is 0 Å². The Balaban J connectivity index is 1.90. The van der Waals surface area contributed by atoms with Gasteiger partial charge in [-0.25, -0.2) is 18.6 Å². The minimum Gasteiger partial charge on any atom is -0.462 e.